The van der Waals surface area contributed by atoms with E-state index in [1.54, 1.807) is 6.92 Å². The molecule has 25 heavy (non-hydrogen) atoms. The Morgan fingerprint density at radius 1 is 1.36 bits per heavy atom. The minimum atomic E-state index is -0.945. The van der Waals surface area contributed by atoms with Crippen molar-refractivity contribution in [2.75, 3.05) is 13.2 Å². The average molecular weight is 360 g/mol. The summed E-state index contributed by atoms with van der Waals surface area (Å²) in [4.78, 5) is 30.6. The third-order valence-electron chi connectivity index (χ3n) is 4.20. The summed E-state index contributed by atoms with van der Waals surface area (Å²) >= 11 is 1.30. The lowest BCUT2D eigenvalue weighted by Gasteiger charge is -2.20. The Bertz CT molecular complexity index is 785. The van der Waals surface area contributed by atoms with Crippen LogP contribution in [0, 0.1) is 6.92 Å². The summed E-state index contributed by atoms with van der Waals surface area (Å²) in [7, 11) is 0. The number of aliphatic carboxylic acids is 1. The number of carbonyl (C=O) groups is 2. The van der Waals surface area contributed by atoms with Crippen molar-refractivity contribution in [1.82, 2.24) is 9.88 Å². The van der Waals surface area contributed by atoms with Crippen molar-refractivity contribution in [2.45, 2.75) is 32.7 Å². The van der Waals surface area contributed by atoms with E-state index in [9.17, 15) is 14.7 Å². The largest absolute Gasteiger partial charge is 0.494 e. The van der Waals surface area contributed by atoms with Gasteiger partial charge in [0.2, 0.25) is 0 Å². The Morgan fingerprint density at radius 2 is 2.08 bits per heavy atom. The van der Waals surface area contributed by atoms with Gasteiger partial charge in [-0.15, -0.1) is 11.3 Å². The molecule has 2 aromatic rings. The average Bonchev–Trinajstić information content (AvgIpc) is 3.22. The molecular weight excluding hydrogens is 340 g/mol. The fourth-order valence-corrected chi connectivity index (χ4v) is 4.00. The van der Waals surface area contributed by atoms with Crippen molar-refractivity contribution >= 4 is 23.2 Å². The lowest BCUT2D eigenvalue weighted by Crippen LogP contribution is -2.40. The number of benzene rings is 1. The highest BCUT2D eigenvalue weighted by Crippen LogP contribution is 2.31. The number of ether oxygens (including phenoxy) is 1. The van der Waals surface area contributed by atoms with Crippen LogP contribution >= 0.6 is 11.3 Å². The third-order valence-corrected chi connectivity index (χ3v) is 5.40. The molecule has 0 aliphatic carbocycles. The highest BCUT2D eigenvalue weighted by atomic mass is 32.1. The Labute approximate surface area is 150 Å². The van der Waals surface area contributed by atoms with Crippen molar-refractivity contribution in [3.05, 3.63) is 34.8 Å². The third kappa shape index (κ3) is 3.51. The highest BCUT2D eigenvalue weighted by molar-refractivity contribution is 7.17. The molecular formula is C18H20N2O4S. The van der Waals surface area contributed by atoms with Gasteiger partial charge in [-0.05, 0) is 51.0 Å². The molecule has 132 valence electrons. The van der Waals surface area contributed by atoms with Crippen LogP contribution in [0.5, 0.6) is 5.75 Å². The molecule has 1 fully saturated rings. The molecule has 2 heterocycles. The van der Waals surface area contributed by atoms with E-state index in [1.165, 1.54) is 16.2 Å². The molecule has 0 bridgehead atoms. The van der Waals surface area contributed by atoms with Gasteiger partial charge in [-0.1, -0.05) is 0 Å². The van der Waals surface area contributed by atoms with E-state index < -0.39 is 12.0 Å². The molecule has 3 rings (SSSR count). The number of hydrogen-bond donors (Lipinski definition) is 1. The normalized spacial score (nSPS) is 16.9. The zero-order valence-electron chi connectivity index (χ0n) is 14.2. The molecule has 1 amide bonds. The van der Waals surface area contributed by atoms with Crippen molar-refractivity contribution in [3.8, 4) is 16.3 Å². The van der Waals surface area contributed by atoms with Gasteiger partial charge in [0, 0.05) is 12.1 Å². The van der Waals surface area contributed by atoms with Gasteiger partial charge >= 0.3 is 5.97 Å². The molecule has 0 saturated carbocycles. The quantitative estimate of drug-likeness (QED) is 0.886. The number of rotatable bonds is 5. The van der Waals surface area contributed by atoms with E-state index in [1.807, 2.05) is 31.2 Å². The number of hydrogen-bond acceptors (Lipinski definition) is 5. The monoisotopic (exact) mass is 360 g/mol. The number of thiazole rings is 1. The second-order valence-corrected chi connectivity index (χ2v) is 6.88. The van der Waals surface area contributed by atoms with Gasteiger partial charge in [-0.2, -0.15) is 0 Å². The Morgan fingerprint density at radius 3 is 2.72 bits per heavy atom. The van der Waals surface area contributed by atoms with Gasteiger partial charge in [0.1, 0.15) is 21.7 Å². The molecule has 1 atom stereocenters. The van der Waals surface area contributed by atoms with E-state index in [0.29, 0.717) is 36.6 Å². The van der Waals surface area contributed by atoms with Gasteiger partial charge in [0.05, 0.1) is 12.3 Å². The second kappa shape index (κ2) is 7.23. The van der Waals surface area contributed by atoms with Gasteiger partial charge in [-0.25, -0.2) is 9.78 Å². The number of aryl methyl sites for hydroxylation is 1. The lowest BCUT2D eigenvalue weighted by molar-refractivity contribution is -0.141. The molecule has 1 aliphatic heterocycles. The predicted octanol–water partition coefficient (Wildman–Crippen LogP) is 3.21. The number of carboxylic acid groups (broad SMARTS) is 1. The molecule has 1 aromatic heterocycles. The molecule has 1 aromatic carbocycles. The van der Waals surface area contributed by atoms with E-state index >= 15 is 0 Å². The van der Waals surface area contributed by atoms with E-state index in [2.05, 4.69) is 4.98 Å². The number of likely N-dealkylation sites (tertiary alicyclic amines) is 1. The van der Waals surface area contributed by atoms with E-state index in [4.69, 9.17) is 4.74 Å². The van der Waals surface area contributed by atoms with Crippen LogP contribution in [0.3, 0.4) is 0 Å². The van der Waals surface area contributed by atoms with Gasteiger partial charge < -0.3 is 14.7 Å². The first-order valence-electron chi connectivity index (χ1n) is 8.25. The Kier molecular flexibility index (Phi) is 5.03. The van der Waals surface area contributed by atoms with E-state index in [-0.39, 0.29) is 5.91 Å². The summed E-state index contributed by atoms with van der Waals surface area (Å²) in [6, 6.07) is 6.83. The zero-order valence-corrected chi connectivity index (χ0v) is 15.0. The van der Waals surface area contributed by atoms with Gasteiger partial charge in [0.15, 0.2) is 0 Å². The van der Waals surface area contributed by atoms with Crippen LogP contribution in [0.1, 0.15) is 35.1 Å². The fraction of sp³-hybridized carbons (Fsp3) is 0.389. The highest BCUT2D eigenvalue weighted by Gasteiger charge is 2.35. The molecule has 1 N–H and O–H groups in total. The maximum Gasteiger partial charge on any atom is 0.326 e. The summed E-state index contributed by atoms with van der Waals surface area (Å²) in [6.07, 6.45) is 1.22. The minimum absolute atomic E-state index is 0.239. The number of aromatic nitrogens is 1. The summed E-state index contributed by atoms with van der Waals surface area (Å²) in [5.74, 6) is -0.394. The first kappa shape index (κ1) is 17.4. The summed E-state index contributed by atoms with van der Waals surface area (Å²) in [6.45, 7) is 4.80. The molecule has 1 saturated heterocycles. The van der Waals surface area contributed by atoms with Crippen molar-refractivity contribution in [3.63, 3.8) is 0 Å². The predicted molar refractivity (Wildman–Crippen MR) is 95.2 cm³/mol. The molecule has 0 radical (unpaired) electrons. The second-order valence-electron chi connectivity index (χ2n) is 5.89. The smallest absolute Gasteiger partial charge is 0.326 e. The minimum Gasteiger partial charge on any atom is -0.494 e. The van der Waals surface area contributed by atoms with Crippen molar-refractivity contribution in [1.29, 1.82) is 0 Å². The number of carbonyl (C=O) groups excluding carboxylic acids is 1. The summed E-state index contributed by atoms with van der Waals surface area (Å²) < 4.78 is 5.43. The van der Waals surface area contributed by atoms with Crippen LogP contribution in [-0.4, -0.2) is 46.1 Å². The fourth-order valence-electron chi connectivity index (χ4n) is 2.98. The maximum atomic E-state index is 12.8. The van der Waals surface area contributed by atoms with Crippen LogP contribution in [0.25, 0.3) is 10.6 Å². The first-order valence-corrected chi connectivity index (χ1v) is 9.07. The topological polar surface area (TPSA) is 79.7 Å². The van der Waals surface area contributed by atoms with Crippen LogP contribution in [0.15, 0.2) is 24.3 Å². The zero-order chi connectivity index (χ0) is 18.0. The van der Waals surface area contributed by atoms with E-state index in [0.717, 1.165) is 16.3 Å². The number of nitrogens with zero attached hydrogens (tertiary/aromatic N) is 2. The van der Waals surface area contributed by atoms with Crippen LogP contribution < -0.4 is 4.74 Å². The summed E-state index contributed by atoms with van der Waals surface area (Å²) in [5.41, 5.74) is 1.54. The SMILES string of the molecule is CCOc1ccc(-c2nc(C)c(C(=O)N3CCCC3C(=O)O)s2)cc1. The molecule has 7 heteroatoms. The molecule has 0 spiro atoms. The standard InChI is InChI=1S/C18H20N2O4S/c1-3-24-13-8-6-12(7-9-13)16-19-11(2)15(25-16)17(21)20-10-4-5-14(20)18(22)23/h6-9,14H,3-5,10H2,1-2H3,(H,22,23). The van der Waals surface area contributed by atoms with Crippen LogP contribution in [0.2, 0.25) is 0 Å². The maximum absolute atomic E-state index is 12.8. The number of amides is 1. The van der Waals surface area contributed by atoms with Gasteiger partial charge in [0.25, 0.3) is 5.91 Å². The first-order chi connectivity index (χ1) is 12.0. The summed E-state index contributed by atoms with van der Waals surface area (Å²) in [5, 5.41) is 10.0. The Hall–Kier alpha value is -2.41. The van der Waals surface area contributed by atoms with Crippen molar-refractivity contribution < 1.29 is 19.4 Å². The number of carboxylic acids is 1. The van der Waals surface area contributed by atoms with Crippen molar-refractivity contribution in [2.24, 2.45) is 0 Å². The Balaban J connectivity index is 1.84. The molecule has 1 aliphatic rings. The molecule has 1 unspecified atom stereocenters. The van der Waals surface area contributed by atoms with Gasteiger partial charge in [-0.3, -0.25) is 4.79 Å². The molecule has 6 nitrogen and oxygen atoms in total. The lowest BCUT2D eigenvalue weighted by atomic mass is 10.2. The van der Waals surface area contributed by atoms with Crippen LogP contribution in [-0.2, 0) is 4.79 Å². The van der Waals surface area contributed by atoms with Crippen LogP contribution in [0.4, 0.5) is 0 Å².